The van der Waals surface area contributed by atoms with E-state index >= 15 is 0 Å². The standard InChI is InChI=1S/C21H27F2N3O5/c1-20(2,3)30-17(27)9-8-16-24-26(19(29)25(16)7)15-11-13(22)12(10-14(15)23)18(28)31-21(4,5)6/h10-11H,8-9H2,1-7H3. The Hall–Kier alpha value is -3.04. The minimum absolute atomic E-state index is 0.0456. The lowest BCUT2D eigenvalue weighted by atomic mass is 10.1. The number of halogens is 2. The molecule has 0 aliphatic heterocycles. The van der Waals surface area contributed by atoms with E-state index in [1.54, 1.807) is 41.5 Å². The Kier molecular flexibility index (Phi) is 6.72. The van der Waals surface area contributed by atoms with Crippen molar-refractivity contribution in [1.82, 2.24) is 14.3 Å². The highest BCUT2D eigenvalue weighted by Crippen LogP contribution is 2.20. The molecule has 0 atom stereocenters. The summed E-state index contributed by atoms with van der Waals surface area (Å²) in [7, 11) is 1.40. The molecule has 1 aromatic carbocycles. The number of esters is 2. The molecule has 8 nitrogen and oxygen atoms in total. The molecule has 2 rings (SSSR count). The molecule has 0 aliphatic rings. The average molecular weight is 439 g/mol. The maximum absolute atomic E-state index is 14.7. The van der Waals surface area contributed by atoms with Crippen LogP contribution in [0.3, 0.4) is 0 Å². The SMILES string of the molecule is Cn1c(CCC(=O)OC(C)(C)C)nn(-c2cc(F)c(C(=O)OC(C)(C)C)cc2F)c1=O. The maximum atomic E-state index is 14.7. The third-order valence-electron chi connectivity index (χ3n) is 3.93. The number of hydrogen-bond acceptors (Lipinski definition) is 6. The molecule has 0 fully saturated rings. The lowest BCUT2D eigenvalue weighted by molar-refractivity contribution is -0.154. The van der Waals surface area contributed by atoms with Gasteiger partial charge < -0.3 is 9.47 Å². The number of hydrogen-bond donors (Lipinski definition) is 0. The van der Waals surface area contributed by atoms with Crippen molar-refractivity contribution in [3.05, 3.63) is 45.6 Å². The van der Waals surface area contributed by atoms with Gasteiger partial charge in [0.1, 0.15) is 34.3 Å². The Labute approximate surface area is 178 Å². The van der Waals surface area contributed by atoms with Crippen molar-refractivity contribution in [1.29, 1.82) is 0 Å². The summed E-state index contributed by atoms with van der Waals surface area (Å²) in [5.41, 5.74) is -3.33. The van der Waals surface area contributed by atoms with Gasteiger partial charge in [0.05, 0.1) is 12.0 Å². The molecule has 31 heavy (non-hydrogen) atoms. The summed E-state index contributed by atoms with van der Waals surface area (Å²) in [6.07, 6.45) is 0.0176. The molecule has 0 radical (unpaired) electrons. The highest BCUT2D eigenvalue weighted by Gasteiger charge is 2.25. The van der Waals surface area contributed by atoms with Crippen molar-refractivity contribution in [3.63, 3.8) is 0 Å². The van der Waals surface area contributed by atoms with Gasteiger partial charge in [0.25, 0.3) is 0 Å². The highest BCUT2D eigenvalue weighted by molar-refractivity contribution is 5.90. The Morgan fingerprint density at radius 1 is 1.00 bits per heavy atom. The first-order valence-electron chi connectivity index (χ1n) is 9.68. The van der Waals surface area contributed by atoms with Crippen LogP contribution in [0.2, 0.25) is 0 Å². The van der Waals surface area contributed by atoms with Crippen LogP contribution in [0, 0.1) is 11.6 Å². The smallest absolute Gasteiger partial charge is 0.350 e. The summed E-state index contributed by atoms with van der Waals surface area (Å²) < 4.78 is 41.3. The fourth-order valence-corrected chi connectivity index (χ4v) is 2.65. The van der Waals surface area contributed by atoms with Crippen LogP contribution in [0.5, 0.6) is 0 Å². The zero-order valence-electron chi connectivity index (χ0n) is 18.7. The van der Waals surface area contributed by atoms with E-state index in [0.29, 0.717) is 16.8 Å². The number of carbonyl (C=O) groups excluding carboxylic acids is 2. The molecule has 0 bridgehead atoms. The zero-order chi connectivity index (χ0) is 23.7. The van der Waals surface area contributed by atoms with Gasteiger partial charge in [0, 0.05) is 19.5 Å². The maximum Gasteiger partial charge on any atom is 0.350 e. The molecule has 1 aromatic heterocycles. The predicted octanol–water partition coefficient (Wildman–Crippen LogP) is 3.08. The van der Waals surface area contributed by atoms with Crippen LogP contribution < -0.4 is 5.69 Å². The number of ether oxygens (including phenoxy) is 2. The molecule has 10 heteroatoms. The van der Waals surface area contributed by atoms with Gasteiger partial charge in [-0.1, -0.05) is 0 Å². The van der Waals surface area contributed by atoms with E-state index in [4.69, 9.17) is 9.47 Å². The van der Waals surface area contributed by atoms with Crippen molar-refractivity contribution in [2.75, 3.05) is 0 Å². The summed E-state index contributed by atoms with van der Waals surface area (Å²) in [4.78, 5) is 36.5. The first-order valence-corrected chi connectivity index (χ1v) is 9.68. The number of aryl methyl sites for hydroxylation is 1. The summed E-state index contributed by atoms with van der Waals surface area (Å²) in [5.74, 6) is -3.40. The molecule has 0 N–H and O–H groups in total. The highest BCUT2D eigenvalue weighted by atomic mass is 19.1. The fourth-order valence-electron chi connectivity index (χ4n) is 2.65. The lowest BCUT2D eigenvalue weighted by Crippen LogP contribution is -2.26. The van der Waals surface area contributed by atoms with E-state index in [2.05, 4.69) is 5.10 Å². The molecular weight excluding hydrogens is 412 g/mol. The van der Waals surface area contributed by atoms with Crippen LogP contribution in [-0.2, 0) is 27.7 Å². The van der Waals surface area contributed by atoms with Gasteiger partial charge >= 0.3 is 17.6 Å². The molecule has 0 saturated carbocycles. The molecule has 0 spiro atoms. The molecule has 0 aliphatic carbocycles. The first kappa shape index (κ1) is 24.2. The summed E-state index contributed by atoms with van der Waals surface area (Å²) in [6, 6.07) is 1.38. The minimum atomic E-state index is -1.06. The Morgan fingerprint density at radius 3 is 2.13 bits per heavy atom. The van der Waals surface area contributed by atoms with Crippen molar-refractivity contribution >= 4 is 11.9 Å². The van der Waals surface area contributed by atoms with E-state index < -0.39 is 51.7 Å². The first-order chi connectivity index (χ1) is 14.1. The van der Waals surface area contributed by atoms with Crippen molar-refractivity contribution in [2.45, 2.75) is 65.6 Å². The van der Waals surface area contributed by atoms with Crippen LogP contribution in [0.4, 0.5) is 8.78 Å². The summed E-state index contributed by atoms with van der Waals surface area (Å²) >= 11 is 0. The zero-order valence-corrected chi connectivity index (χ0v) is 18.7. The predicted molar refractivity (Wildman–Crippen MR) is 108 cm³/mol. The number of benzene rings is 1. The van der Waals surface area contributed by atoms with Crippen LogP contribution in [-0.4, -0.2) is 37.5 Å². The monoisotopic (exact) mass is 439 g/mol. The second-order valence-corrected chi connectivity index (χ2v) is 9.04. The number of nitrogens with zero attached hydrogens (tertiary/aromatic N) is 3. The molecular formula is C21H27F2N3O5. The van der Waals surface area contributed by atoms with Gasteiger partial charge in [-0.05, 0) is 47.6 Å². The van der Waals surface area contributed by atoms with E-state index in [1.807, 2.05) is 0 Å². The van der Waals surface area contributed by atoms with Crippen LogP contribution in [0.25, 0.3) is 5.69 Å². The van der Waals surface area contributed by atoms with Crippen molar-refractivity contribution in [2.24, 2.45) is 7.05 Å². The van der Waals surface area contributed by atoms with Crippen molar-refractivity contribution in [3.8, 4) is 5.69 Å². The quantitative estimate of drug-likeness (QED) is 0.665. The lowest BCUT2D eigenvalue weighted by Gasteiger charge is -2.19. The van der Waals surface area contributed by atoms with Gasteiger partial charge in [0.15, 0.2) is 0 Å². The van der Waals surface area contributed by atoms with Gasteiger partial charge in [0.2, 0.25) is 0 Å². The summed E-state index contributed by atoms with van der Waals surface area (Å²) in [5, 5.41) is 4.02. The molecule has 170 valence electrons. The summed E-state index contributed by atoms with van der Waals surface area (Å²) in [6.45, 7) is 9.98. The van der Waals surface area contributed by atoms with Crippen LogP contribution in [0.1, 0.15) is 64.1 Å². The van der Waals surface area contributed by atoms with E-state index in [9.17, 15) is 23.2 Å². The van der Waals surface area contributed by atoms with E-state index in [1.165, 1.54) is 7.05 Å². The van der Waals surface area contributed by atoms with E-state index in [-0.39, 0.29) is 18.7 Å². The third kappa shape index (κ3) is 6.22. The Bertz CT molecular complexity index is 1060. The fraction of sp³-hybridized carbons (Fsp3) is 0.524. The molecule has 0 amide bonds. The van der Waals surface area contributed by atoms with Crippen LogP contribution in [0.15, 0.2) is 16.9 Å². The van der Waals surface area contributed by atoms with Crippen LogP contribution >= 0.6 is 0 Å². The van der Waals surface area contributed by atoms with Gasteiger partial charge in [-0.2, -0.15) is 4.68 Å². The molecule has 2 aromatic rings. The Morgan fingerprint density at radius 2 is 1.58 bits per heavy atom. The normalized spacial score (nSPS) is 12.0. The number of aromatic nitrogens is 3. The Balaban J connectivity index is 2.32. The number of rotatable bonds is 5. The second-order valence-electron chi connectivity index (χ2n) is 9.04. The molecule has 1 heterocycles. The second kappa shape index (κ2) is 8.60. The van der Waals surface area contributed by atoms with Gasteiger partial charge in [-0.25, -0.2) is 18.4 Å². The topological polar surface area (TPSA) is 92.4 Å². The minimum Gasteiger partial charge on any atom is -0.460 e. The van der Waals surface area contributed by atoms with Crippen molar-refractivity contribution < 1.29 is 27.8 Å². The van der Waals surface area contributed by atoms with Gasteiger partial charge in [-0.3, -0.25) is 9.36 Å². The van der Waals surface area contributed by atoms with Gasteiger partial charge in [-0.15, -0.1) is 5.10 Å². The van der Waals surface area contributed by atoms with E-state index in [0.717, 1.165) is 4.57 Å². The largest absolute Gasteiger partial charge is 0.460 e. The third-order valence-corrected chi connectivity index (χ3v) is 3.93. The molecule has 0 unspecified atom stereocenters. The average Bonchev–Trinajstić information content (AvgIpc) is 2.86. The number of carbonyl (C=O) groups is 2. The molecule has 0 saturated heterocycles.